The molecule has 0 aliphatic carbocycles. The van der Waals surface area contributed by atoms with Crippen LogP contribution in [0.4, 0.5) is 5.69 Å². The van der Waals surface area contributed by atoms with Crippen LogP contribution in [0.2, 0.25) is 0 Å². The summed E-state index contributed by atoms with van der Waals surface area (Å²) in [6, 6.07) is 10.0. The summed E-state index contributed by atoms with van der Waals surface area (Å²) in [5, 5.41) is 14.4. The van der Waals surface area contributed by atoms with Gasteiger partial charge in [-0.3, -0.25) is 9.97 Å². The van der Waals surface area contributed by atoms with Crippen molar-refractivity contribution < 1.29 is 5.11 Å². The average Bonchev–Trinajstić information content (AvgIpc) is 2.47. The summed E-state index contributed by atoms with van der Waals surface area (Å²) in [5.74, 6) is 0. The van der Waals surface area contributed by atoms with Gasteiger partial charge in [0.1, 0.15) is 0 Å². The Labute approximate surface area is 111 Å². The first-order valence-corrected chi connectivity index (χ1v) is 6.37. The molecule has 2 aromatic heterocycles. The van der Waals surface area contributed by atoms with Crippen molar-refractivity contribution in [3.63, 3.8) is 0 Å². The third-order valence-corrected chi connectivity index (χ3v) is 3.11. The molecule has 3 aromatic rings. The van der Waals surface area contributed by atoms with E-state index < -0.39 is 0 Å². The number of aliphatic hydroxyl groups is 1. The summed E-state index contributed by atoms with van der Waals surface area (Å²) in [7, 11) is 0. The molecule has 0 saturated heterocycles. The fraction of sp³-hybridized carbons (Fsp3) is 0.200. The largest absolute Gasteiger partial charge is 0.396 e. The van der Waals surface area contributed by atoms with Crippen LogP contribution in [0.25, 0.3) is 21.8 Å². The van der Waals surface area contributed by atoms with Crippen LogP contribution in [0, 0.1) is 0 Å². The minimum absolute atomic E-state index is 0.193. The Bertz CT molecular complexity index is 712. The second-order valence-corrected chi connectivity index (χ2v) is 4.40. The highest BCUT2D eigenvalue weighted by Gasteiger charge is 2.07. The van der Waals surface area contributed by atoms with Crippen molar-refractivity contribution in [1.82, 2.24) is 9.97 Å². The molecule has 3 rings (SSSR count). The van der Waals surface area contributed by atoms with Crippen LogP contribution in [0.15, 0.2) is 42.7 Å². The van der Waals surface area contributed by atoms with Gasteiger partial charge in [0.15, 0.2) is 0 Å². The molecule has 2 heterocycles. The van der Waals surface area contributed by atoms with Gasteiger partial charge in [-0.1, -0.05) is 6.07 Å². The standard InChI is InChI=1S/C15H15N3O/c19-9-3-8-16-13-10-11-4-1-6-17-14(11)15-12(13)5-2-7-18-15/h1-2,4-7,10,16,19H,3,8-9H2. The normalized spacial score (nSPS) is 11.0. The summed E-state index contributed by atoms with van der Waals surface area (Å²) in [6.45, 7) is 0.935. The highest BCUT2D eigenvalue weighted by Crippen LogP contribution is 2.28. The van der Waals surface area contributed by atoms with E-state index in [9.17, 15) is 0 Å². The zero-order chi connectivity index (χ0) is 13.1. The first-order chi connectivity index (χ1) is 9.40. The molecule has 4 nitrogen and oxygen atoms in total. The van der Waals surface area contributed by atoms with Gasteiger partial charge in [-0.15, -0.1) is 0 Å². The highest BCUT2D eigenvalue weighted by atomic mass is 16.3. The van der Waals surface area contributed by atoms with E-state index in [0.29, 0.717) is 0 Å². The summed E-state index contributed by atoms with van der Waals surface area (Å²) < 4.78 is 0. The van der Waals surface area contributed by atoms with Gasteiger partial charge in [0.05, 0.1) is 11.0 Å². The molecule has 19 heavy (non-hydrogen) atoms. The van der Waals surface area contributed by atoms with Crippen molar-refractivity contribution in [2.45, 2.75) is 6.42 Å². The predicted molar refractivity (Wildman–Crippen MR) is 77.2 cm³/mol. The molecule has 4 heteroatoms. The smallest absolute Gasteiger partial charge is 0.0985 e. The third kappa shape index (κ3) is 2.22. The topological polar surface area (TPSA) is 58.0 Å². The number of hydrogen-bond acceptors (Lipinski definition) is 4. The number of pyridine rings is 2. The number of rotatable bonds is 4. The monoisotopic (exact) mass is 253 g/mol. The van der Waals surface area contributed by atoms with Gasteiger partial charge in [0, 0.05) is 42.0 Å². The van der Waals surface area contributed by atoms with E-state index in [4.69, 9.17) is 5.11 Å². The third-order valence-electron chi connectivity index (χ3n) is 3.11. The Hall–Kier alpha value is -2.20. The molecule has 1 aromatic carbocycles. The minimum Gasteiger partial charge on any atom is -0.396 e. The summed E-state index contributed by atoms with van der Waals surface area (Å²) >= 11 is 0. The molecular formula is C15H15N3O. The maximum absolute atomic E-state index is 8.87. The number of benzene rings is 1. The second kappa shape index (κ2) is 5.20. The first-order valence-electron chi connectivity index (χ1n) is 6.37. The molecule has 0 spiro atoms. The molecule has 0 bridgehead atoms. The maximum atomic E-state index is 8.87. The number of aliphatic hydroxyl groups excluding tert-OH is 1. The SMILES string of the molecule is OCCCNc1cc2cccnc2c2ncccc12. The zero-order valence-corrected chi connectivity index (χ0v) is 10.5. The summed E-state index contributed by atoms with van der Waals surface area (Å²) in [6.07, 6.45) is 4.30. The molecule has 0 aliphatic rings. The lowest BCUT2D eigenvalue weighted by Crippen LogP contribution is -2.04. The van der Waals surface area contributed by atoms with Crippen molar-refractivity contribution in [2.75, 3.05) is 18.5 Å². The quantitative estimate of drug-likeness (QED) is 0.554. The van der Waals surface area contributed by atoms with Crippen molar-refractivity contribution in [3.8, 4) is 0 Å². The van der Waals surface area contributed by atoms with Gasteiger partial charge >= 0.3 is 0 Å². The van der Waals surface area contributed by atoms with Gasteiger partial charge in [-0.25, -0.2) is 0 Å². The minimum atomic E-state index is 0.193. The van der Waals surface area contributed by atoms with Crippen molar-refractivity contribution >= 4 is 27.5 Å². The summed E-state index contributed by atoms with van der Waals surface area (Å²) in [4.78, 5) is 8.86. The molecule has 0 saturated carbocycles. The van der Waals surface area contributed by atoms with E-state index in [-0.39, 0.29) is 6.61 Å². The summed E-state index contributed by atoms with van der Waals surface area (Å²) in [5.41, 5.74) is 2.87. The Kier molecular flexibility index (Phi) is 3.25. The lowest BCUT2D eigenvalue weighted by Gasteiger charge is -2.11. The molecule has 0 fully saturated rings. The fourth-order valence-corrected chi connectivity index (χ4v) is 2.23. The van der Waals surface area contributed by atoms with Crippen molar-refractivity contribution in [1.29, 1.82) is 0 Å². The van der Waals surface area contributed by atoms with E-state index in [1.165, 1.54) is 0 Å². The zero-order valence-electron chi connectivity index (χ0n) is 10.5. The van der Waals surface area contributed by atoms with Gasteiger partial charge in [0.2, 0.25) is 0 Å². The average molecular weight is 253 g/mol. The molecule has 2 N–H and O–H groups in total. The van der Waals surface area contributed by atoms with Crippen molar-refractivity contribution in [2.24, 2.45) is 0 Å². The van der Waals surface area contributed by atoms with Crippen molar-refractivity contribution in [3.05, 3.63) is 42.7 Å². The Morgan fingerprint density at radius 2 is 1.84 bits per heavy atom. The van der Waals surface area contributed by atoms with E-state index in [0.717, 1.165) is 40.5 Å². The van der Waals surface area contributed by atoms with E-state index in [2.05, 4.69) is 21.4 Å². The molecule has 0 atom stereocenters. The fourth-order valence-electron chi connectivity index (χ4n) is 2.23. The van der Waals surface area contributed by atoms with E-state index in [1.54, 1.807) is 12.4 Å². The molecule has 0 aliphatic heterocycles. The lowest BCUT2D eigenvalue weighted by atomic mass is 10.1. The molecular weight excluding hydrogens is 238 g/mol. The maximum Gasteiger partial charge on any atom is 0.0985 e. The number of hydrogen-bond donors (Lipinski definition) is 2. The van der Waals surface area contributed by atoms with Gasteiger partial charge in [0.25, 0.3) is 0 Å². The van der Waals surface area contributed by atoms with Gasteiger partial charge in [-0.05, 0) is 30.7 Å². The van der Waals surface area contributed by atoms with Crippen LogP contribution in [-0.2, 0) is 0 Å². The number of fused-ring (bicyclic) bond motifs is 3. The van der Waals surface area contributed by atoms with Crippen LogP contribution in [0.1, 0.15) is 6.42 Å². The van der Waals surface area contributed by atoms with Crippen LogP contribution in [0.3, 0.4) is 0 Å². The first kappa shape index (κ1) is 11.9. The van der Waals surface area contributed by atoms with Crippen LogP contribution < -0.4 is 5.32 Å². The second-order valence-electron chi connectivity index (χ2n) is 4.40. The number of nitrogens with zero attached hydrogens (tertiary/aromatic N) is 2. The van der Waals surface area contributed by atoms with Crippen LogP contribution >= 0.6 is 0 Å². The van der Waals surface area contributed by atoms with Gasteiger partial charge < -0.3 is 10.4 Å². The number of anilines is 1. The molecule has 0 radical (unpaired) electrons. The number of aromatic nitrogens is 2. The van der Waals surface area contributed by atoms with Gasteiger partial charge in [-0.2, -0.15) is 0 Å². The molecule has 0 amide bonds. The Morgan fingerprint density at radius 1 is 1.05 bits per heavy atom. The predicted octanol–water partition coefficient (Wildman–Crippen LogP) is 2.58. The Balaban J connectivity index is 2.18. The number of nitrogens with one attached hydrogen (secondary N) is 1. The van der Waals surface area contributed by atoms with E-state index in [1.807, 2.05) is 24.3 Å². The molecule has 0 unspecified atom stereocenters. The van der Waals surface area contributed by atoms with E-state index >= 15 is 0 Å². The lowest BCUT2D eigenvalue weighted by molar-refractivity contribution is 0.292. The highest BCUT2D eigenvalue weighted by molar-refractivity contribution is 6.08. The molecule has 96 valence electrons. The van der Waals surface area contributed by atoms with Crippen LogP contribution in [0.5, 0.6) is 0 Å². The van der Waals surface area contributed by atoms with Crippen LogP contribution in [-0.4, -0.2) is 28.2 Å². The Morgan fingerprint density at radius 3 is 2.68 bits per heavy atom.